The highest BCUT2D eigenvalue weighted by molar-refractivity contribution is 5.91. The molecule has 6 atom stereocenters. The van der Waals surface area contributed by atoms with Crippen LogP contribution >= 0.6 is 0 Å². The SMILES string of the molecule is CC(C)[C@H]1CC[C@H](C)C[C@@H]1OC(=O)/C=C/C(=O)O[C@@H]1C[C@H](C)CC[C@H]1C(C)C. The average Bonchev–Trinajstić information content (AvgIpc) is 2.59. The molecule has 28 heavy (non-hydrogen) atoms. The van der Waals surface area contributed by atoms with E-state index in [2.05, 4.69) is 41.5 Å². The van der Waals surface area contributed by atoms with E-state index in [4.69, 9.17) is 9.47 Å². The van der Waals surface area contributed by atoms with Crippen LogP contribution in [-0.2, 0) is 19.1 Å². The average molecular weight is 393 g/mol. The van der Waals surface area contributed by atoms with Crippen molar-refractivity contribution in [1.29, 1.82) is 0 Å². The third-order valence-electron chi connectivity index (χ3n) is 6.81. The maximum atomic E-state index is 12.3. The Balaban J connectivity index is 1.89. The summed E-state index contributed by atoms with van der Waals surface area (Å²) in [6.07, 6.45) is 8.77. The van der Waals surface area contributed by atoms with Gasteiger partial charge in [-0.2, -0.15) is 0 Å². The Morgan fingerprint density at radius 3 is 1.39 bits per heavy atom. The van der Waals surface area contributed by atoms with E-state index in [0.717, 1.165) is 25.7 Å². The Morgan fingerprint density at radius 2 is 1.07 bits per heavy atom. The van der Waals surface area contributed by atoms with E-state index in [-0.39, 0.29) is 12.2 Å². The molecule has 0 bridgehead atoms. The molecule has 2 aliphatic rings. The summed E-state index contributed by atoms with van der Waals surface area (Å²) in [5.74, 6) is 2.05. The molecule has 0 spiro atoms. The number of hydrogen-bond acceptors (Lipinski definition) is 4. The van der Waals surface area contributed by atoms with E-state index < -0.39 is 11.9 Å². The van der Waals surface area contributed by atoms with E-state index in [9.17, 15) is 9.59 Å². The molecule has 4 heteroatoms. The first-order valence-electron chi connectivity index (χ1n) is 11.3. The molecular formula is C24H40O4. The van der Waals surface area contributed by atoms with Gasteiger partial charge in [-0.1, -0.05) is 54.4 Å². The Kier molecular flexibility index (Phi) is 8.57. The number of esters is 2. The van der Waals surface area contributed by atoms with Gasteiger partial charge in [0.15, 0.2) is 0 Å². The summed E-state index contributed by atoms with van der Waals surface area (Å²) in [6, 6.07) is 0. The zero-order chi connectivity index (χ0) is 20.8. The summed E-state index contributed by atoms with van der Waals surface area (Å²) in [7, 11) is 0. The Morgan fingerprint density at radius 1 is 0.714 bits per heavy atom. The van der Waals surface area contributed by atoms with Gasteiger partial charge in [0, 0.05) is 12.2 Å². The van der Waals surface area contributed by atoms with Gasteiger partial charge in [-0.15, -0.1) is 0 Å². The van der Waals surface area contributed by atoms with Crippen LogP contribution in [0.25, 0.3) is 0 Å². The van der Waals surface area contributed by atoms with Gasteiger partial charge in [-0.3, -0.25) is 0 Å². The van der Waals surface area contributed by atoms with Crippen LogP contribution in [0.4, 0.5) is 0 Å². The molecule has 0 heterocycles. The summed E-state index contributed by atoms with van der Waals surface area (Å²) in [5, 5.41) is 0. The van der Waals surface area contributed by atoms with Crippen LogP contribution in [-0.4, -0.2) is 24.1 Å². The molecule has 2 saturated carbocycles. The lowest BCUT2D eigenvalue weighted by Crippen LogP contribution is -2.36. The summed E-state index contributed by atoms with van der Waals surface area (Å²) >= 11 is 0. The minimum Gasteiger partial charge on any atom is -0.459 e. The van der Waals surface area contributed by atoms with E-state index >= 15 is 0 Å². The van der Waals surface area contributed by atoms with Gasteiger partial charge in [-0.25, -0.2) is 9.59 Å². The monoisotopic (exact) mass is 392 g/mol. The molecule has 0 aromatic carbocycles. The van der Waals surface area contributed by atoms with Crippen molar-refractivity contribution in [3.63, 3.8) is 0 Å². The zero-order valence-corrected chi connectivity index (χ0v) is 18.6. The summed E-state index contributed by atoms with van der Waals surface area (Å²) in [6.45, 7) is 13.2. The van der Waals surface area contributed by atoms with E-state index in [1.807, 2.05) is 0 Å². The molecule has 0 saturated heterocycles. The molecule has 0 amide bonds. The molecule has 0 aromatic heterocycles. The molecule has 4 nitrogen and oxygen atoms in total. The van der Waals surface area contributed by atoms with Crippen LogP contribution in [0.5, 0.6) is 0 Å². The number of hydrogen-bond donors (Lipinski definition) is 0. The van der Waals surface area contributed by atoms with Crippen molar-refractivity contribution in [1.82, 2.24) is 0 Å². The molecular weight excluding hydrogens is 352 g/mol. The van der Waals surface area contributed by atoms with Gasteiger partial charge in [0.2, 0.25) is 0 Å². The minimum absolute atomic E-state index is 0.0542. The molecule has 2 rings (SSSR count). The molecule has 0 aromatic rings. The molecule has 2 fully saturated rings. The fourth-order valence-electron chi connectivity index (χ4n) is 5.01. The predicted octanol–water partition coefficient (Wildman–Crippen LogP) is 5.55. The van der Waals surface area contributed by atoms with Gasteiger partial charge in [0.05, 0.1) is 0 Å². The highest BCUT2D eigenvalue weighted by Gasteiger charge is 2.34. The van der Waals surface area contributed by atoms with E-state index in [1.54, 1.807) is 0 Å². The van der Waals surface area contributed by atoms with Crippen molar-refractivity contribution >= 4 is 11.9 Å². The molecule has 0 radical (unpaired) electrons. The predicted molar refractivity (Wildman–Crippen MR) is 112 cm³/mol. The Bertz CT molecular complexity index is 503. The summed E-state index contributed by atoms with van der Waals surface area (Å²) < 4.78 is 11.4. The van der Waals surface area contributed by atoms with Crippen LogP contribution in [0.1, 0.15) is 80.1 Å². The smallest absolute Gasteiger partial charge is 0.331 e. The quantitative estimate of drug-likeness (QED) is 0.439. The molecule has 0 N–H and O–H groups in total. The first-order chi connectivity index (χ1) is 13.2. The number of carbonyl (C=O) groups is 2. The van der Waals surface area contributed by atoms with Crippen LogP contribution < -0.4 is 0 Å². The summed E-state index contributed by atoms with van der Waals surface area (Å²) in [5.41, 5.74) is 0. The Hall–Kier alpha value is -1.32. The fourth-order valence-corrected chi connectivity index (χ4v) is 5.01. The second kappa shape index (κ2) is 10.5. The van der Waals surface area contributed by atoms with Crippen LogP contribution in [0, 0.1) is 35.5 Å². The maximum Gasteiger partial charge on any atom is 0.331 e. The third kappa shape index (κ3) is 6.63. The molecule has 160 valence electrons. The van der Waals surface area contributed by atoms with Crippen molar-refractivity contribution in [3.05, 3.63) is 12.2 Å². The largest absolute Gasteiger partial charge is 0.459 e. The highest BCUT2D eigenvalue weighted by atomic mass is 16.5. The topological polar surface area (TPSA) is 52.6 Å². The number of ether oxygens (including phenoxy) is 2. The molecule has 2 aliphatic carbocycles. The van der Waals surface area contributed by atoms with Crippen LogP contribution in [0.3, 0.4) is 0 Å². The molecule has 0 unspecified atom stereocenters. The lowest BCUT2D eigenvalue weighted by Gasteiger charge is -2.36. The van der Waals surface area contributed by atoms with Crippen molar-refractivity contribution in [2.24, 2.45) is 35.5 Å². The molecule has 0 aliphatic heterocycles. The highest BCUT2D eigenvalue weighted by Crippen LogP contribution is 2.36. The van der Waals surface area contributed by atoms with Gasteiger partial charge in [0.25, 0.3) is 0 Å². The zero-order valence-electron chi connectivity index (χ0n) is 18.6. The third-order valence-corrected chi connectivity index (χ3v) is 6.81. The standard InChI is InChI=1S/C24H40O4/c1-15(2)19-9-7-17(5)13-21(19)27-23(25)11-12-24(26)28-22-14-18(6)8-10-20(22)16(3)4/h11-12,15-22H,7-10,13-14H2,1-6H3/b12-11+/t17-,18+,19+,20-,21-,22+. The lowest BCUT2D eigenvalue weighted by atomic mass is 9.75. The first kappa shape index (κ1) is 23.0. The maximum absolute atomic E-state index is 12.3. The lowest BCUT2D eigenvalue weighted by molar-refractivity contribution is -0.152. The minimum atomic E-state index is -0.431. The second-order valence-corrected chi connectivity index (χ2v) is 9.94. The van der Waals surface area contributed by atoms with Crippen molar-refractivity contribution in [2.45, 2.75) is 92.3 Å². The number of carbonyl (C=O) groups excluding carboxylic acids is 2. The van der Waals surface area contributed by atoms with Gasteiger partial charge in [-0.05, 0) is 61.2 Å². The van der Waals surface area contributed by atoms with Gasteiger partial charge >= 0.3 is 11.9 Å². The van der Waals surface area contributed by atoms with Gasteiger partial charge in [0.1, 0.15) is 12.2 Å². The summed E-state index contributed by atoms with van der Waals surface area (Å²) in [4.78, 5) is 24.6. The van der Waals surface area contributed by atoms with Gasteiger partial charge < -0.3 is 9.47 Å². The van der Waals surface area contributed by atoms with Crippen LogP contribution in [0.2, 0.25) is 0 Å². The first-order valence-corrected chi connectivity index (χ1v) is 11.3. The normalized spacial score (nSPS) is 34.0. The van der Waals surface area contributed by atoms with Crippen molar-refractivity contribution in [2.75, 3.05) is 0 Å². The van der Waals surface area contributed by atoms with Crippen LogP contribution in [0.15, 0.2) is 12.2 Å². The fraction of sp³-hybridized carbons (Fsp3) is 0.833. The van der Waals surface area contributed by atoms with Crippen molar-refractivity contribution in [3.8, 4) is 0 Å². The Labute approximate surface area is 171 Å². The van der Waals surface area contributed by atoms with Crippen molar-refractivity contribution < 1.29 is 19.1 Å². The van der Waals surface area contributed by atoms with E-state index in [1.165, 1.54) is 25.0 Å². The second-order valence-electron chi connectivity index (χ2n) is 9.94. The van der Waals surface area contributed by atoms with E-state index in [0.29, 0.717) is 35.5 Å². The number of rotatable bonds is 6.